The number of rotatable bonds is 5. The van der Waals surface area contributed by atoms with E-state index in [0.717, 1.165) is 21.6 Å². The molecule has 2 aromatic heterocycles. The summed E-state index contributed by atoms with van der Waals surface area (Å²) in [5.74, 6) is -0.517. The van der Waals surface area contributed by atoms with Gasteiger partial charge in [-0.05, 0) is 25.3 Å². The minimum absolute atomic E-state index is 0.232. The van der Waals surface area contributed by atoms with Crippen LogP contribution >= 0.6 is 22.7 Å². The first-order valence-electron chi connectivity index (χ1n) is 6.15. The van der Waals surface area contributed by atoms with Gasteiger partial charge in [0.25, 0.3) is 0 Å². The summed E-state index contributed by atoms with van der Waals surface area (Å²) in [5.41, 5.74) is 1.02. The Morgan fingerprint density at radius 2 is 2.14 bits per heavy atom. The number of anilines is 1. The van der Waals surface area contributed by atoms with E-state index in [2.05, 4.69) is 4.72 Å². The second-order valence-corrected chi connectivity index (χ2v) is 8.23. The summed E-state index contributed by atoms with van der Waals surface area (Å²) in [7, 11) is -3.46. The van der Waals surface area contributed by atoms with Crippen molar-refractivity contribution in [2.45, 2.75) is 13.8 Å². The third-order valence-corrected chi connectivity index (χ3v) is 5.22. The van der Waals surface area contributed by atoms with E-state index in [-0.39, 0.29) is 12.2 Å². The molecule has 0 spiro atoms. The van der Waals surface area contributed by atoms with E-state index in [9.17, 15) is 13.2 Å². The van der Waals surface area contributed by atoms with E-state index in [4.69, 9.17) is 4.74 Å². The maximum Gasteiger partial charge on any atom is 0.341 e. The molecular formula is C13H15NO4S3. The molecule has 0 aliphatic carbocycles. The van der Waals surface area contributed by atoms with Gasteiger partial charge in [0.1, 0.15) is 10.6 Å². The normalized spacial score (nSPS) is 11.4. The zero-order valence-electron chi connectivity index (χ0n) is 11.8. The van der Waals surface area contributed by atoms with Gasteiger partial charge < -0.3 is 4.74 Å². The summed E-state index contributed by atoms with van der Waals surface area (Å²) >= 11 is 2.73. The predicted octanol–water partition coefficient (Wildman–Crippen LogP) is 3.33. The molecule has 1 N–H and O–H groups in total. The minimum Gasteiger partial charge on any atom is -0.462 e. The van der Waals surface area contributed by atoms with Gasteiger partial charge in [-0.15, -0.1) is 22.7 Å². The van der Waals surface area contributed by atoms with Gasteiger partial charge in [0.2, 0.25) is 10.0 Å². The summed E-state index contributed by atoms with van der Waals surface area (Å²) in [6.07, 6.45) is 1.06. The van der Waals surface area contributed by atoms with Gasteiger partial charge in [0, 0.05) is 15.3 Å². The lowest BCUT2D eigenvalue weighted by Gasteiger charge is -2.07. The van der Waals surface area contributed by atoms with Crippen LogP contribution in [0.2, 0.25) is 0 Å². The standard InChI is InChI=1S/C13H15NO4S3/c1-4-18-13(15)11-10(9-6-5-7-19-9)8(2)20-12(11)14-21(3,16)17/h5-7,14H,4H2,1-3H3. The summed E-state index contributed by atoms with van der Waals surface area (Å²) in [5, 5.41) is 2.21. The zero-order valence-corrected chi connectivity index (χ0v) is 14.2. The Labute approximate surface area is 131 Å². The molecule has 0 fully saturated rings. The van der Waals surface area contributed by atoms with Crippen LogP contribution in [0.15, 0.2) is 17.5 Å². The highest BCUT2D eigenvalue weighted by molar-refractivity contribution is 7.92. The highest BCUT2D eigenvalue weighted by Gasteiger charge is 2.26. The third-order valence-electron chi connectivity index (χ3n) is 2.61. The fourth-order valence-corrected chi connectivity index (χ4v) is 4.77. The molecule has 2 aromatic rings. The highest BCUT2D eigenvalue weighted by Crippen LogP contribution is 2.42. The molecule has 0 bridgehead atoms. The average molecular weight is 345 g/mol. The molecule has 0 aliphatic heterocycles. The summed E-state index contributed by atoms with van der Waals surface area (Å²) in [6.45, 7) is 3.80. The molecule has 0 saturated heterocycles. The minimum atomic E-state index is -3.46. The van der Waals surface area contributed by atoms with Crippen molar-refractivity contribution in [1.82, 2.24) is 0 Å². The van der Waals surface area contributed by atoms with Crippen molar-refractivity contribution in [3.05, 3.63) is 28.0 Å². The van der Waals surface area contributed by atoms with Gasteiger partial charge in [0.05, 0.1) is 12.9 Å². The van der Waals surface area contributed by atoms with E-state index < -0.39 is 16.0 Å². The lowest BCUT2D eigenvalue weighted by atomic mass is 10.1. The zero-order chi connectivity index (χ0) is 15.6. The number of thiophene rings is 2. The molecule has 0 atom stereocenters. The monoisotopic (exact) mass is 345 g/mol. The Balaban J connectivity index is 2.62. The molecule has 2 rings (SSSR count). The molecule has 5 nitrogen and oxygen atoms in total. The quantitative estimate of drug-likeness (QED) is 0.844. The van der Waals surface area contributed by atoms with Crippen LogP contribution in [-0.4, -0.2) is 27.2 Å². The van der Waals surface area contributed by atoms with Gasteiger partial charge in [-0.1, -0.05) is 6.07 Å². The summed E-state index contributed by atoms with van der Waals surface area (Å²) in [6, 6.07) is 3.78. The molecule has 0 amide bonds. The molecule has 0 aromatic carbocycles. The van der Waals surface area contributed by atoms with E-state index in [0.29, 0.717) is 5.00 Å². The van der Waals surface area contributed by atoms with Crippen LogP contribution in [0.1, 0.15) is 22.2 Å². The van der Waals surface area contributed by atoms with Crippen molar-refractivity contribution in [2.24, 2.45) is 0 Å². The molecule has 8 heteroatoms. The first-order valence-corrected chi connectivity index (χ1v) is 9.74. The number of nitrogens with one attached hydrogen (secondary N) is 1. The van der Waals surface area contributed by atoms with Gasteiger partial charge in [-0.3, -0.25) is 4.72 Å². The van der Waals surface area contributed by atoms with E-state index in [1.807, 2.05) is 24.4 Å². The molecule has 114 valence electrons. The second-order valence-electron chi connectivity index (χ2n) is 4.31. The Morgan fingerprint density at radius 1 is 1.43 bits per heavy atom. The van der Waals surface area contributed by atoms with E-state index in [1.54, 1.807) is 6.92 Å². The van der Waals surface area contributed by atoms with Crippen molar-refractivity contribution in [1.29, 1.82) is 0 Å². The first kappa shape index (κ1) is 16.0. The van der Waals surface area contributed by atoms with Crippen LogP contribution in [-0.2, 0) is 14.8 Å². The number of hydrogen-bond donors (Lipinski definition) is 1. The van der Waals surface area contributed by atoms with Crippen molar-refractivity contribution < 1.29 is 17.9 Å². The van der Waals surface area contributed by atoms with Gasteiger partial charge in [0.15, 0.2) is 0 Å². The maximum absolute atomic E-state index is 12.2. The SMILES string of the molecule is CCOC(=O)c1c(NS(C)(=O)=O)sc(C)c1-c1cccs1. The Bertz CT molecular complexity index is 745. The van der Waals surface area contributed by atoms with E-state index in [1.165, 1.54) is 22.7 Å². The number of carbonyl (C=O) groups is 1. The average Bonchev–Trinajstić information content (AvgIpc) is 2.94. The number of carbonyl (C=O) groups excluding carboxylic acids is 1. The van der Waals surface area contributed by atoms with Crippen LogP contribution in [0.3, 0.4) is 0 Å². The maximum atomic E-state index is 12.2. The first-order chi connectivity index (χ1) is 9.83. The van der Waals surface area contributed by atoms with Crippen molar-refractivity contribution in [3.8, 4) is 10.4 Å². The topological polar surface area (TPSA) is 72.5 Å². The number of aryl methyl sites for hydroxylation is 1. The molecule has 0 saturated carbocycles. The molecule has 0 aliphatic rings. The fourth-order valence-electron chi connectivity index (χ4n) is 1.90. The smallest absolute Gasteiger partial charge is 0.341 e. The highest BCUT2D eigenvalue weighted by atomic mass is 32.2. The Morgan fingerprint density at radius 3 is 2.67 bits per heavy atom. The number of sulfonamides is 1. The Kier molecular flexibility index (Phi) is 4.70. The van der Waals surface area contributed by atoms with Crippen LogP contribution in [0.5, 0.6) is 0 Å². The van der Waals surface area contributed by atoms with Crippen molar-refractivity contribution in [2.75, 3.05) is 17.6 Å². The third kappa shape index (κ3) is 3.63. The van der Waals surface area contributed by atoms with Crippen molar-refractivity contribution >= 4 is 43.7 Å². The van der Waals surface area contributed by atoms with Crippen LogP contribution in [0, 0.1) is 6.92 Å². The Hall–Kier alpha value is -1.38. The van der Waals surface area contributed by atoms with E-state index >= 15 is 0 Å². The fraction of sp³-hybridized carbons (Fsp3) is 0.308. The largest absolute Gasteiger partial charge is 0.462 e. The molecule has 2 heterocycles. The summed E-state index contributed by atoms with van der Waals surface area (Å²) in [4.78, 5) is 14.0. The molecule has 0 unspecified atom stereocenters. The molecular weight excluding hydrogens is 330 g/mol. The predicted molar refractivity (Wildman–Crippen MR) is 86.8 cm³/mol. The second kappa shape index (κ2) is 6.17. The van der Waals surface area contributed by atoms with Gasteiger partial charge in [-0.25, -0.2) is 13.2 Å². The van der Waals surface area contributed by atoms with Gasteiger partial charge in [-0.2, -0.15) is 0 Å². The lowest BCUT2D eigenvalue weighted by molar-refractivity contribution is 0.0529. The summed E-state index contributed by atoms with van der Waals surface area (Å²) < 4.78 is 30.5. The van der Waals surface area contributed by atoms with Crippen molar-refractivity contribution in [3.63, 3.8) is 0 Å². The molecule has 0 radical (unpaired) electrons. The van der Waals surface area contributed by atoms with Crippen LogP contribution < -0.4 is 4.72 Å². The van der Waals surface area contributed by atoms with Crippen LogP contribution in [0.25, 0.3) is 10.4 Å². The van der Waals surface area contributed by atoms with Crippen LogP contribution in [0.4, 0.5) is 5.00 Å². The molecule has 21 heavy (non-hydrogen) atoms. The number of esters is 1. The lowest BCUT2D eigenvalue weighted by Crippen LogP contribution is -2.13. The number of hydrogen-bond acceptors (Lipinski definition) is 6. The number of ether oxygens (including phenoxy) is 1. The van der Waals surface area contributed by atoms with Gasteiger partial charge >= 0.3 is 5.97 Å².